The van der Waals surface area contributed by atoms with Gasteiger partial charge in [-0.3, -0.25) is 4.99 Å². The van der Waals surface area contributed by atoms with E-state index in [4.69, 9.17) is 19.6 Å². The minimum absolute atomic E-state index is 0.0675. The van der Waals surface area contributed by atoms with Crippen LogP contribution in [0.4, 0.5) is 20.3 Å². The average molecular weight is 556 g/mol. The fraction of sp³-hybridized carbons (Fsp3) is 0.346. The zero-order valence-electron chi connectivity index (χ0n) is 21.7. The van der Waals surface area contributed by atoms with Gasteiger partial charge in [0.25, 0.3) is 0 Å². The molecule has 3 N–H and O–H groups in total. The van der Waals surface area contributed by atoms with Crippen molar-refractivity contribution in [1.82, 2.24) is 19.9 Å². The van der Waals surface area contributed by atoms with E-state index in [0.717, 1.165) is 6.07 Å². The Kier molecular flexibility index (Phi) is 7.12. The standard InChI is InChI=1S/C26H27F2N7O3S/c1-14-25(2,12-36-4)39-24(29)35-26(14,3)17-7-15(8-18(27)21(17)28)33-23-22-19(5-6-30-23)34-20(9-31-22)38-11-16-10-37-13-32-16/h5-10,13-14H,11-12H2,1-4H3,(H2,29,35)(H,30,33)/t14?,25-,26+/m1/s1. The lowest BCUT2D eigenvalue weighted by Crippen LogP contribution is -2.50. The van der Waals surface area contributed by atoms with E-state index < -0.39 is 21.9 Å². The summed E-state index contributed by atoms with van der Waals surface area (Å²) in [7, 11) is 1.59. The highest BCUT2D eigenvalue weighted by molar-refractivity contribution is 8.15. The molecule has 204 valence electrons. The number of benzene rings is 1. The first-order valence-corrected chi connectivity index (χ1v) is 12.9. The molecule has 0 amide bonds. The van der Waals surface area contributed by atoms with Crippen molar-refractivity contribution in [3.63, 3.8) is 0 Å². The second-order valence-corrected chi connectivity index (χ2v) is 11.2. The lowest BCUT2D eigenvalue weighted by Gasteiger charge is -2.47. The third kappa shape index (κ3) is 5.11. The summed E-state index contributed by atoms with van der Waals surface area (Å²) in [5, 5.41) is 3.34. The molecule has 1 unspecified atom stereocenters. The second kappa shape index (κ2) is 10.4. The molecular formula is C26H27F2N7O3S. The van der Waals surface area contributed by atoms with Crippen LogP contribution in [0.25, 0.3) is 11.0 Å². The molecule has 3 aromatic heterocycles. The van der Waals surface area contributed by atoms with E-state index in [1.54, 1.807) is 20.1 Å². The van der Waals surface area contributed by atoms with E-state index in [1.807, 2.05) is 13.8 Å². The summed E-state index contributed by atoms with van der Waals surface area (Å²) < 4.78 is 45.8. The number of fused-ring (bicyclic) bond motifs is 1. The number of nitrogens with zero attached hydrogens (tertiary/aromatic N) is 5. The molecule has 1 aliphatic rings. The Morgan fingerprint density at radius 3 is 2.77 bits per heavy atom. The largest absolute Gasteiger partial charge is 0.470 e. The number of oxazole rings is 1. The number of nitrogens with one attached hydrogen (secondary N) is 1. The number of anilines is 2. The number of rotatable bonds is 8. The lowest BCUT2D eigenvalue weighted by molar-refractivity contribution is 0.124. The van der Waals surface area contributed by atoms with Gasteiger partial charge in [-0.05, 0) is 26.0 Å². The molecule has 1 aromatic carbocycles. The highest BCUT2D eigenvalue weighted by Gasteiger charge is 2.50. The highest BCUT2D eigenvalue weighted by Crippen LogP contribution is 2.51. The fourth-order valence-electron chi connectivity index (χ4n) is 4.72. The van der Waals surface area contributed by atoms with Gasteiger partial charge in [-0.15, -0.1) is 0 Å². The smallest absolute Gasteiger partial charge is 0.233 e. The van der Waals surface area contributed by atoms with Crippen molar-refractivity contribution in [2.75, 3.05) is 19.0 Å². The van der Waals surface area contributed by atoms with E-state index >= 15 is 4.39 Å². The average Bonchev–Trinajstić information content (AvgIpc) is 3.42. The van der Waals surface area contributed by atoms with Crippen molar-refractivity contribution in [1.29, 1.82) is 0 Å². The molecule has 13 heteroatoms. The maximum absolute atomic E-state index is 15.3. The van der Waals surface area contributed by atoms with Crippen LogP contribution in [0.1, 0.15) is 32.0 Å². The van der Waals surface area contributed by atoms with Crippen molar-refractivity contribution in [2.24, 2.45) is 16.6 Å². The molecule has 4 aromatic rings. The monoisotopic (exact) mass is 555 g/mol. The number of nitrogens with two attached hydrogens (primary N) is 1. The Bertz CT molecular complexity index is 1540. The van der Waals surface area contributed by atoms with Crippen LogP contribution in [0.15, 0.2) is 52.7 Å². The van der Waals surface area contributed by atoms with E-state index in [0.29, 0.717) is 29.2 Å². The van der Waals surface area contributed by atoms with Gasteiger partial charge in [-0.1, -0.05) is 18.7 Å². The van der Waals surface area contributed by atoms with Crippen molar-refractivity contribution in [3.8, 4) is 5.88 Å². The van der Waals surface area contributed by atoms with Gasteiger partial charge in [0.15, 0.2) is 29.0 Å². The van der Waals surface area contributed by atoms with E-state index in [2.05, 4.69) is 30.2 Å². The number of amidine groups is 1. The number of hydrogen-bond donors (Lipinski definition) is 2. The first-order valence-electron chi connectivity index (χ1n) is 12.0. The molecule has 0 spiro atoms. The van der Waals surface area contributed by atoms with Gasteiger partial charge >= 0.3 is 0 Å². The molecule has 10 nitrogen and oxygen atoms in total. The number of halogens is 2. The van der Waals surface area contributed by atoms with Crippen molar-refractivity contribution >= 4 is 39.5 Å². The van der Waals surface area contributed by atoms with Gasteiger partial charge in [0.2, 0.25) is 5.88 Å². The third-order valence-electron chi connectivity index (χ3n) is 7.00. The predicted octanol–water partition coefficient (Wildman–Crippen LogP) is 4.93. The summed E-state index contributed by atoms with van der Waals surface area (Å²) in [6.45, 7) is 6.18. The van der Waals surface area contributed by atoms with Gasteiger partial charge in [-0.25, -0.2) is 28.7 Å². The highest BCUT2D eigenvalue weighted by atomic mass is 32.2. The Morgan fingerprint density at radius 1 is 1.21 bits per heavy atom. The predicted molar refractivity (Wildman–Crippen MR) is 144 cm³/mol. The van der Waals surface area contributed by atoms with Crippen LogP contribution in [-0.2, 0) is 16.9 Å². The molecule has 4 heterocycles. The molecule has 0 radical (unpaired) electrons. The molecule has 0 bridgehead atoms. The summed E-state index contributed by atoms with van der Waals surface area (Å²) in [5.74, 6) is -1.69. The van der Waals surface area contributed by atoms with Crippen LogP contribution in [-0.4, -0.2) is 43.6 Å². The minimum atomic E-state index is -1.16. The molecule has 1 aliphatic heterocycles. The number of hydrogen-bond acceptors (Lipinski definition) is 11. The van der Waals surface area contributed by atoms with Gasteiger partial charge in [0.1, 0.15) is 24.1 Å². The summed E-state index contributed by atoms with van der Waals surface area (Å²) >= 11 is 1.37. The van der Waals surface area contributed by atoms with Crippen LogP contribution in [0.5, 0.6) is 5.88 Å². The first-order chi connectivity index (χ1) is 18.6. The Balaban J connectivity index is 1.48. The van der Waals surface area contributed by atoms with E-state index in [1.165, 1.54) is 42.9 Å². The lowest BCUT2D eigenvalue weighted by atomic mass is 9.74. The number of methoxy groups -OCH3 is 1. The molecule has 0 fully saturated rings. The summed E-state index contributed by atoms with van der Waals surface area (Å²) in [6.07, 6.45) is 5.76. The molecular weight excluding hydrogens is 528 g/mol. The van der Waals surface area contributed by atoms with Crippen LogP contribution >= 0.6 is 11.8 Å². The normalized spacial score (nSPS) is 23.0. The van der Waals surface area contributed by atoms with Gasteiger partial charge in [0, 0.05) is 41.3 Å². The number of aromatic nitrogens is 4. The van der Waals surface area contributed by atoms with Crippen molar-refractivity contribution < 1.29 is 22.7 Å². The van der Waals surface area contributed by atoms with Crippen molar-refractivity contribution in [2.45, 2.75) is 37.7 Å². The molecule has 0 saturated heterocycles. The summed E-state index contributed by atoms with van der Waals surface area (Å²) in [5.41, 5.74) is 6.87. The SMILES string of the molecule is COC[C@@]1(C)SC(N)=N[C@](C)(c2cc(Nc3nccc4nc(OCc5cocn5)cnc34)cc(F)c2F)C1C. The van der Waals surface area contributed by atoms with E-state index in [-0.39, 0.29) is 34.8 Å². The number of aliphatic imine (C=N–C) groups is 1. The third-order valence-corrected chi connectivity index (χ3v) is 8.23. The molecule has 0 aliphatic carbocycles. The number of thioether (sulfide) groups is 1. The number of ether oxygens (including phenoxy) is 2. The number of pyridine rings is 1. The quantitative estimate of drug-likeness (QED) is 0.308. The zero-order valence-corrected chi connectivity index (χ0v) is 22.6. The van der Waals surface area contributed by atoms with Crippen LogP contribution in [0, 0.1) is 17.6 Å². The Morgan fingerprint density at radius 2 is 2.03 bits per heavy atom. The maximum atomic E-state index is 15.3. The topological polar surface area (TPSA) is 134 Å². The molecule has 5 rings (SSSR count). The summed E-state index contributed by atoms with van der Waals surface area (Å²) in [4.78, 5) is 21.8. The zero-order chi connectivity index (χ0) is 27.8. The second-order valence-electron chi connectivity index (χ2n) is 9.62. The van der Waals surface area contributed by atoms with Gasteiger partial charge in [0.05, 0.1) is 23.9 Å². The van der Waals surface area contributed by atoms with E-state index in [9.17, 15) is 4.39 Å². The molecule has 0 saturated carbocycles. The van der Waals surface area contributed by atoms with Crippen LogP contribution in [0.2, 0.25) is 0 Å². The first kappa shape index (κ1) is 26.8. The van der Waals surface area contributed by atoms with Gasteiger partial charge < -0.3 is 24.9 Å². The summed E-state index contributed by atoms with van der Waals surface area (Å²) in [6, 6.07) is 4.26. The van der Waals surface area contributed by atoms with Crippen LogP contribution < -0.4 is 15.8 Å². The molecule has 3 atom stereocenters. The fourth-order valence-corrected chi connectivity index (χ4v) is 6.01. The Hall–Kier alpha value is -3.84. The van der Waals surface area contributed by atoms with Gasteiger partial charge in [-0.2, -0.15) is 0 Å². The van der Waals surface area contributed by atoms with Crippen molar-refractivity contribution in [3.05, 3.63) is 66.1 Å². The maximum Gasteiger partial charge on any atom is 0.233 e. The minimum Gasteiger partial charge on any atom is -0.470 e. The van der Waals surface area contributed by atoms with Crippen LogP contribution in [0.3, 0.4) is 0 Å². The Labute approximate surface area is 227 Å². The molecule has 39 heavy (non-hydrogen) atoms.